The van der Waals surface area contributed by atoms with E-state index in [9.17, 15) is 0 Å². The number of hydrogen-bond acceptors (Lipinski definition) is 9. The van der Waals surface area contributed by atoms with Gasteiger partial charge >= 0.3 is 0 Å². The number of nitrogens with zero attached hydrogens (tertiary/aromatic N) is 7. The number of aromatic nitrogens is 6. The van der Waals surface area contributed by atoms with Gasteiger partial charge < -0.3 is 18.7 Å². The van der Waals surface area contributed by atoms with Gasteiger partial charge in [-0.2, -0.15) is 5.10 Å². The van der Waals surface area contributed by atoms with E-state index in [4.69, 9.17) is 40.4 Å². The SMILES string of the molecule is COc1ccc(/C=N\OCc2nc3c4c(ncn3n2)Oc2c(c(C)nn2-c2ccc(Cl)cc2)C4c2ccco2)cc1. The van der Waals surface area contributed by atoms with E-state index in [1.807, 2.05) is 67.6 Å². The number of oxime groups is 1. The van der Waals surface area contributed by atoms with Crippen LogP contribution in [-0.2, 0) is 11.4 Å². The molecule has 0 saturated carbocycles. The lowest BCUT2D eigenvalue weighted by molar-refractivity contribution is 0.126. The summed E-state index contributed by atoms with van der Waals surface area (Å²) >= 11 is 6.12. The van der Waals surface area contributed by atoms with E-state index in [0.29, 0.717) is 39.6 Å². The molecule has 12 heteroatoms. The molecule has 204 valence electrons. The fraction of sp³-hybridized carbons (Fsp3) is 0.138. The molecule has 7 rings (SSSR count). The molecule has 0 aliphatic carbocycles. The van der Waals surface area contributed by atoms with Gasteiger partial charge in [0, 0.05) is 5.02 Å². The molecule has 1 aliphatic rings. The van der Waals surface area contributed by atoms with Gasteiger partial charge in [-0.15, -0.1) is 5.10 Å². The molecule has 0 bridgehead atoms. The molecule has 0 N–H and O–H groups in total. The first-order valence-electron chi connectivity index (χ1n) is 12.7. The molecule has 6 aromatic rings. The Kier molecular flexibility index (Phi) is 6.12. The Balaban J connectivity index is 1.24. The summed E-state index contributed by atoms with van der Waals surface area (Å²) in [4.78, 5) is 14.8. The quantitative estimate of drug-likeness (QED) is 0.178. The van der Waals surface area contributed by atoms with Crippen LogP contribution in [0.25, 0.3) is 11.3 Å². The second-order valence-electron chi connectivity index (χ2n) is 9.28. The van der Waals surface area contributed by atoms with E-state index in [1.54, 1.807) is 35.1 Å². The summed E-state index contributed by atoms with van der Waals surface area (Å²) in [5.41, 5.74) is 4.59. The van der Waals surface area contributed by atoms with Crippen molar-refractivity contribution in [3.63, 3.8) is 0 Å². The maximum absolute atomic E-state index is 6.39. The number of fused-ring (bicyclic) bond motifs is 4. The average Bonchev–Trinajstić information content (AvgIpc) is 3.74. The van der Waals surface area contributed by atoms with E-state index < -0.39 is 0 Å². The van der Waals surface area contributed by atoms with Gasteiger partial charge in [0.15, 0.2) is 18.1 Å². The van der Waals surface area contributed by atoms with Crippen molar-refractivity contribution in [3.05, 3.63) is 112 Å². The largest absolute Gasteiger partial charge is 0.497 e. The highest BCUT2D eigenvalue weighted by molar-refractivity contribution is 6.30. The number of ether oxygens (including phenoxy) is 2. The number of halogens is 1. The number of rotatable bonds is 7. The number of aryl methyl sites for hydroxylation is 1. The van der Waals surface area contributed by atoms with Gasteiger partial charge in [-0.05, 0) is 73.2 Å². The van der Waals surface area contributed by atoms with Crippen molar-refractivity contribution in [1.82, 2.24) is 29.4 Å². The van der Waals surface area contributed by atoms with Crippen LogP contribution in [0.2, 0.25) is 5.02 Å². The Hall–Kier alpha value is -5.16. The standard InChI is InChI=1S/C29H22ClN7O4/c1-17-24-25(22-4-3-13-39-22)26-27-33-23(15-40-32-14-18-5-11-21(38-2)12-6-18)35-36(27)16-31-28(26)41-29(24)37(34-17)20-9-7-19(30)8-10-20/h3-14,16,25H,15H2,1-2H3/b32-14-. The molecular formula is C29H22ClN7O4. The van der Waals surface area contributed by atoms with E-state index >= 15 is 0 Å². The molecular weight excluding hydrogens is 546 g/mol. The lowest BCUT2D eigenvalue weighted by Gasteiger charge is -2.24. The molecule has 1 aliphatic heterocycles. The van der Waals surface area contributed by atoms with Crippen molar-refractivity contribution in [3.8, 4) is 23.2 Å². The van der Waals surface area contributed by atoms with Crippen molar-refractivity contribution in [2.75, 3.05) is 7.11 Å². The van der Waals surface area contributed by atoms with Crippen LogP contribution in [0.4, 0.5) is 0 Å². The summed E-state index contributed by atoms with van der Waals surface area (Å²) in [5, 5.41) is 14.0. The Morgan fingerprint density at radius 2 is 1.88 bits per heavy atom. The molecule has 0 saturated heterocycles. The van der Waals surface area contributed by atoms with E-state index in [0.717, 1.165) is 28.3 Å². The number of benzene rings is 2. The van der Waals surface area contributed by atoms with Gasteiger partial charge in [-0.25, -0.2) is 19.2 Å². The van der Waals surface area contributed by atoms with Gasteiger partial charge in [-0.3, -0.25) is 0 Å². The summed E-state index contributed by atoms with van der Waals surface area (Å²) in [6.45, 7) is 2.00. The topological polar surface area (TPSA) is 114 Å². The van der Waals surface area contributed by atoms with Crippen LogP contribution in [-0.4, -0.2) is 42.7 Å². The van der Waals surface area contributed by atoms with Crippen LogP contribution in [0, 0.1) is 6.92 Å². The normalized spacial score (nSPS) is 14.2. The average molecular weight is 568 g/mol. The second kappa shape index (κ2) is 10.1. The fourth-order valence-electron chi connectivity index (χ4n) is 4.86. The maximum atomic E-state index is 6.39. The van der Waals surface area contributed by atoms with E-state index in [-0.39, 0.29) is 12.5 Å². The van der Waals surface area contributed by atoms with Gasteiger partial charge in [-0.1, -0.05) is 16.8 Å². The lowest BCUT2D eigenvalue weighted by atomic mass is 9.88. The van der Waals surface area contributed by atoms with Crippen molar-refractivity contribution in [2.45, 2.75) is 19.4 Å². The number of furan rings is 1. The number of methoxy groups -OCH3 is 1. The van der Waals surface area contributed by atoms with Gasteiger partial charge in [0.1, 0.15) is 17.8 Å². The van der Waals surface area contributed by atoms with Crippen LogP contribution in [0.15, 0.2) is 82.8 Å². The third-order valence-electron chi connectivity index (χ3n) is 6.75. The van der Waals surface area contributed by atoms with Crippen LogP contribution in [0.5, 0.6) is 17.5 Å². The lowest BCUT2D eigenvalue weighted by Crippen LogP contribution is -2.15. The number of hydrogen-bond donors (Lipinski definition) is 0. The van der Waals surface area contributed by atoms with Gasteiger partial charge in [0.05, 0.1) is 48.0 Å². The van der Waals surface area contributed by atoms with E-state index in [1.165, 1.54) is 0 Å². The first-order chi connectivity index (χ1) is 20.1. The zero-order valence-corrected chi connectivity index (χ0v) is 22.7. The Labute approximate surface area is 238 Å². The molecule has 11 nitrogen and oxygen atoms in total. The third kappa shape index (κ3) is 4.45. The molecule has 41 heavy (non-hydrogen) atoms. The molecule has 5 heterocycles. The summed E-state index contributed by atoms with van der Waals surface area (Å²) in [6.07, 6.45) is 4.81. The molecule has 0 radical (unpaired) electrons. The van der Waals surface area contributed by atoms with Gasteiger partial charge in [0.2, 0.25) is 11.8 Å². The molecule has 1 atom stereocenters. The molecule has 2 aromatic carbocycles. The highest BCUT2D eigenvalue weighted by Gasteiger charge is 2.39. The zero-order valence-electron chi connectivity index (χ0n) is 21.9. The highest BCUT2D eigenvalue weighted by atomic mass is 35.5. The Morgan fingerprint density at radius 3 is 2.63 bits per heavy atom. The van der Waals surface area contributed by atoms with Crippen LogP contribution >= 0.6 is 11.6 Å². The van der Waals surface area contributed by atoms with Crippen LogP contribution < -0.4 is 9.47 Å². The minimum atomic E-state index is -0.382. The molecule has 4 aromatic heterocycles. The molecule has 0 amide bonds. The first-order valence-corrected chi connectivity index (χ1v) is 13.1. The van der Waals surface area contributed by atoms with Crippen molar-refractivity contribution in [1.29, 1.82) is 0 Å². The van der Waals surface area contributed by atoms with Crippen LogP contribution in [0.1, 0.15) is 39.9 Å². The smallest absolute Gasteiger partial charge is 0.230 e. The Bertz CT molecular complexity index is 1880. The predicted octanol–water partition coefficient (Wildman–Crippen LogP) is 5.71. The molecule has 1 unspecified atom stereocenters. The fourth-order valence-corrected chi connectivity index (χ4v) is 4.99. The summed E-state index contributed by atoms with van der Waals surface area (Å²) in [7, 11) is 1.62. The van der Waals surface area contributed by atoms with Gasteiger partial charge in [0.25, 0.3) is 0 Å². The monoisotopic (exact) mass is 567 g/mol. The third-order valence-corrected chi connectivity index (χ3v) is 7.00. The minimum Gasteiger partial charge on any atom is -0.497 e. The van der Waals surface area contributed by atoms with E-state index in [2.05, 4.69) is 15.2 Å². The van der Waals surface area contributed by atoms with Crippen molar-refractivity contribution >= 4 is 23.5 Å². The Morgan fingerprint density at radius 1 is 1.05 bits per heavy atom. The summed E-state index contributed by atoms with van der Waals surface area (Å²) < 4.78 is 20.8. The minimum absolute atomic E-state index is 0.0637. The second-order valence-corrected chi connectivity index (χ2v) is 9.72. The summed E-state index contributed by atoms with van der Waals surface area (Å²) in [5.74, 6) is 2.46. The predicted molar refractivity (Wildman–Crippen MR) is 149 cm³/mol. The molecule has 0 spiro atoms. The molecule has 0 fully saturated rings. The summed E-state index contributed by atoms with van der Waals surface area (Å²) in [6, 6.07) is 18.6. The highest BCUT2D eigenvalue weighted by Crippen LogP contribution is 2.49. The maximum Gasteiger partial charge on any atom is 0.230 e. The van der Waals surface area contributed by atoms with Crippen molar-refractivity contribution in [2.24, 2.45) is 5.16 Å². The van der Waals surface area contributed by atoms with Crippen LogP contribution in [0.3, 0.4) is 0 Å². The zero-order chi connectivity index (χ0) is 27.9. The van der Waals surface area contributed by atoms with Crippen molar-refractivity contribution < 1.29 is 18.7 Å². The first kappa shape index (κ1) is 24.9.